The molecule has 0 unspecified atom stereocenters. The van der Waals surface area contributed by atoms with Crippen molar-refractivity contribution >= 4 is 0 Å². The molecule has 4 nitrogen and oxygen atoms in total. The van der Waals surface area contributed by atoms with Gasteiger partial charge in [-0.2, -0.15) is 0 Å². The minimum atomic E-state index is -0.0973. The van der Waals surface area contributed by atoms with E-state index >= 15 is 0 Å². The molecular weight excluding hydrogens is 188 g/mol. The fourth-order valence-corrected chi connectivity index (χ4v) is 1.08. The molecule has 0 heterocycles. The van der Waals surface area contributed by atoms with E-state index in [-0.39, 0.29) is 6.17 Å². The Balaban J connectivity index is 0. The summed E-state index contributed by atoms with van der Waals surface area (Å²) in [5, 5.41) is 0. The van der Waals surface area contributed by atoms with Crippen LogP contribution >= 0.6 is 0 Å². The fraction of sp³-hybridized carbons (Fsp3) is 1.00. The van der Waals surface area contributed by atoms with Crippen molar-refractivity contribution in [1.29, 1.82) is 0 Å². The molecule has 8 N–H and O–H groups in total. The van der Waals surface area contributed by atoms with Gasteiger partial charge in [0.15, 0.2) is 0 Å². The van der Waals surface area contributed by atoms with Gasteiger partial charge in [-0.25, -0.2) is 0 Å². The summed E-state index contributed by atoms with van der Waals surface area (Å²) in [4.78, 5) is 0. The van der Waals surface area contributed by atoms with E-state index < -0.39 is 0 Å². The molecule has 94 valence electrons. The van der Waals surface area contributed by atoms with Crippen LogP contribution in [0.1, 0.15) is 51.9 Å². The topological polar surface area (TPSA) is 104 Å². The Morgan fingerprint density at radius 1 is 0.800 bits per heavy atom. The average molecular weight is 218 g/mol. The monoisotopic (exact) mass is 218 g/mol. The van der Waals surface area contributed by atoms with Crippen LogP contribution in [0.4, 0.5) is 0 Å². The minimum Gasteiger partial charge on any atom is -0.330 e. The van der Waals surface area contributed by atoms with E-state index in [4.69, 9.17) is 22.9 Å². The summed E-state index contributed by atoms with van der Waals surface area (Å²) >= 11 is 0. The van der Waals surface area contributed by atoms with E-state index in [9.17, 15) is 0 Å². The van der Waals surface area contributed by atoms with Crippen LogP contribution in [0.5, 0.6) is 0 Å². The van der Waals surface area contributed by atoms with Gasteiger partial charge in [0, 0.05) is 0 Å². The number of unbranched alkanes of at least 4 members (excludes halogenated alkanes) is 4. The summed E-state index contributed by atoms with van der Waals surface area (Å²) in [5.74, 6) is 0. The van der Waals surface area contributed by atoms with Crippen molar-refractivity contribution in [1.82, 2.24) is 0 Å². The summed E-state index contributed by atoms with van der Waals surface area (Å²) < 4.78 is 0. The van der Waals surface area contributed by atoms with E-state index in [1.807, 2.05) is 0 Å². The van der Waals surface area contributed by atoms with Crippen molar-refractivity contribution in [3.8, 4) is 0 Å². The smallest absolute Gasteiger partial charge is 0.0520 e. The van der Waals surface area contributed by atoms with Gasteiger partial charge in [0.1, 0.15) is 0 Å². The molecule has 0 bridgehead atoms. The van der Waals surface area contributed by atoms with Crippen LogP contribution in [0.25, 0.3) is 0 Å². The summed E-state index contributed by atoms with van der Waals surface area (Å²) in [6, 6.07) is 0. The van der Waals surface area contributed by atoms with Crippen LogP contribution < -0.4 is 22.9 Å². The third kappa shape index (κ3) is 24.8. The summed E-state index contributed by atoms with van der Waals surface area (Å²) in [6.45, 7) is 3.78. The van der Waals surface area contributed by atoms with E-state index in [2.05, 4.69) is 6.92 Å². The molecule has 0 atom stereocenters. The number of nitrogens with two attached hydrogens (primary N) is 4. The van der Waals surface area contributed by atoms with Crippen LogP contribution in [-0.4, -0.2) is 19.3 Å². The Morgan fingerprint density at radius 2 is 1.27 bits per heavy atom. The zero-order valence-electron chi connectivity index (χ0n) is 10.3. The first-order chi connectivity index (χ1) is 7.18. The normalized spacial score (nSPS) is 10.0. The lowest BCUT2D eigenvalue weighted by molar-refractivity contribution is 0.595. The molecule has 4 heteroatoms. The van der Waals surface area contributed by atoms with Crippen LogP contribution in [0.15, 0.2) is 0 Å². The molecule has 0 aromatic rings. The van der Waals surface area contributed by atoms with Crippen molar-refractivity contribution in [3.63, 3.8) is 0 Å². The molecule has 0 aromatic heterocycles. The van der Waals surface area contributed by atoms with Crippen molar-refractivity contribution in [3.05, 3.63) is 0 Å². The van der Waals surface area contributed by atoms with E-state index in [1.54, 1.807) is 0 Å². The Kier molecular flexibility index (Phi) is 18.7. The summed E-state index contributed by atoms with van der Waals surface area (Å²) in [6.07, 6.45) is 7.99. The molecule has 0 fully saturated rings. The van der Waals surface area contributed by atoms with Gasteiger partial charge in [0.05, 0.1) is 6.17 Å². The average Bonchev–Trinajstić information content (AvgIpc) is 2.22. The van der Waals surface area contributed by atoms with Gasteiger partial charge in [-0.15, -0.1) is 0 Å². The molecule has 0 aliphatic carbocycles. The second-order valence-corrected chi connectivity index (χ2v) is 3.80. The second kappa shape index (κ2) is 16.3. The van der Waals surface area contributed by atoms with Crippen molar-refractivity contribution < 1.29 is 0 Å². The molecule has 0 aliphatic rings. The van der Waals surface area contributed by atoms with Gasteiger partial charge >= 0.3 is 0 Å². The third-order valence-corrected chi connectivity index (χ3v) is 2.05. The number of hydrogen-bond donors (Lipinski definition) is 4. The highest BCUT2D eigenvalue weighted by Crippen LogP contribution is 1.95. The van der Waals surface area contributed by atoms with E-state index in [1.165, 1.54) is 19.3 Å². The van der Waals surface area contributed by atoms with Crippen molar-refractivity contribution in [2.45, 2.75) is 58.0 Å². The predicted molar refractivity (Wildman–Crippen MR) is 68.3 cm³/mol. The summed E-state index contributed by atoms with van der Waals surface area (Å²) in [5.41, 5.74) is 21.1. The molecule has 0 saturated heterocycles. The summed E-state index contributed by atoms with van der Waals surface area (Å²) in [7, 11) is 0. The van der Waals surface area contributed by atoms with E-state index in [0.717, 1.165) is 38.8 Å². The van der Waals surface area contributed by atoms with Crippen LogP contribution in [0.3, 0.4) is 0 Å². The molecule has 0 amide bonds. The molecule has 0 saturated carbocycles. The first kappa shape index (κ1) is 17.2. The van der Waals surface area contributed by atoms with Gasteiger partial charge in [0.25, 0.3) is 0 Å². The van der Waals surface area contributed by atoms with E-state index in [0.29, 0.717) is 0 Å². The molecule has 0 rings (SSSR count). The lowest BCUT2D eigenvalue weighted by atomic mass is 10.2. The van der Waals surface area contributed by atoms with Crippen molar-refractivity contribution in [2.24, 2.45) is 22.9 Å². The Hall–Kier alpha value is -0.160. The highest BCUT2D eigenvalue weighted by Gasteiger charge is 1.88. The maximum Gasteiger partial charge on any atom is 0.0520 e. The highest BCUT2D eigenvalue weighted by atomic mass is 14.8. The van der Waals surface area contributed by atoms with Crippen LogP contribution in [-0.2, 0) is 0 Å². The predicted octanol–water partition coefficient (Wildman–Crippen LogP) is 0.884. The SMILES string of the molecule is CCCCC(N)N.NCCCCCCN. The first-order valence-corrected chi connectivity index (χ1v) is 6.10. The van der Waals surface area contributed by atoms with Gasteiger partial charge < -0.3 is 22.9 Å². The fourth-order valence-electron chi connectivity index (χ4n) is 1.08. The number of hydrogen-bond acceptors (Lipinski definition) is 4. The Labute approximate surface area is 94.8 Å². The maximum absolute atomic E-state index is 5.28. The zero-order chi connectivity index (χ0) is 11.9. The maximum atomic E-state index is 5.28. The molecule has 15 heavy (non-hydrogen) atoms. The van der Waals surface area contributed by atoms with Crippen LogP contribution in [0, 0.1) is 0 Å². The Bertz CT molecular complexity index is 90.6. The van der Waals surface area contributed by atoms with Crippen molar-refractivity contribution in [2.75, 3.05) is 13.1 Å². The van der Waals surface area contributed by atoms with Gasteiger partial charge in [-0.3, -0.25) is 0 Å². The molecule has 0 aliphatic heterocycles. The van der Waals surface area contributed by atoms with Gasteiger partial charge in [-0.1, -0.05) is 32.6 Å². The van der Waals surface area contributed by atoms with Gasteiger partial charge in [-0.05, 0) is 32.4 Å². The first-order valence-electron chi connectivity index (χ1n) is 6.10. The largest absolute Gasteiger partial charge is 0.330 e. The molecule has 0 radical (unpaired) electrons. The second-order valence-electron chi connectivity index (χ2n) is 3.80. The standard InChI is InChI=1S/C6H16N2.C5H14N2/c7-5-3-1-2-4-6-8;1-2-3-4-5(6)7/h1-8H2;5H,2-4,6-7H2,1H3. The quantitative estimate of drug-likeness (QED) is 0.358. The lowest BCUT2D eigenvalue weighted by Gasteiger charge is -2.00. The Morgan fingerprint density at radius 3 is 1.47 bits per heavy atom. The molecular formula is C11H30N4. The molecule has 0 aromatic carbocycles. The number of rotatable bonds is 8. The third-order valence-electron chi connectivity index (χ3n) is 2.05. The zero-order valence-corrected chi connectivity index (χ0v) is 10.3. The lowest BCUT2D eigenvalue weighted by Crippen LogP contribution is -2.29. The minimum absolute atomic E-state index is 0.0973. The van der Waals surface area contributed by atoms with Crippen LogP contribution in [0.2, 0.25) is 0 Å². The van der Waals surface area contributed by atoms with Gasteiger partial charge in [0.2, 0.25) is 0 Å². The molecule has 0 spiro atoms. The highest BCUT2D eigenvalue weighted by molar-refractivity contribution is 4.48.